The summed E-state index contributed by atoms with van der Waals surface area (Å²) in [4.78, 5) is 0. The summed E-state index contributed by atoms with van der Waals surface area (Å²) >= 11 is 2.28. The van der Waals surface area contributed by atoms with E-state index in [0.717, 1.165) is 26.4 Å². The van der Waals surface area contributed by atoms with Crippen molar-refractivity contribution in [2.75, 3.05) is 26.4 Å². The van der Waals surface area contributed by atoms with Crippen molar-refractivity contribution in [3.8, 4) is 0 Å². The Morgan fingerprint density at radius 1 is 0.846 bits per heavy atom. The van der Waals surface area contributed by atoms with Crippen molar-refractivity contribution in [1.29, 1.82) is 0 Å². The summed E-state index contributed by atoms with van der Waals surface area (Å²) in [5.74, 6) is 0. The first kappa shape index (κ1) is 10.9. The molecular weight excluding hydrogens is 279 g/mol. The molecule has 1 aliphatic rings. The fourth-order valence-electron chi connectivity index (χ4n) is 0.854. The minimum Gasteiger partial charge on any atom is -0.377 e. The van der Waals surface area contributed by atoms with Gasteiger partial charge in [0.2, 0.25) is 0 Å². The van der Waals surface area contributed by atoms with E-state index in [2.05, 4.69) is 34.7 Å². The third-order valence-electron chi connectivity index (χ3n) is 1.48. The molecule has 0 N–H and O–H groups in total. The van der Waals surface area contributed by atoms with Crippen LogP contribution in [0, 0.1) is 3.57 Å². The van der Waals surface area contributed by atoms with Gasteiger partial charge in [-0.2, -0.15) is 0 Å². The Labute approximate surface area is 92.4 Å². The van der Waals surface area contributed by atoms with Crippen molar-refractivity contribution in [2.45, 2.75) is 0 Å². The summed E-state index contributed by atoms with van der Waals surface area (Å²) < 4.78 is 11.2. The van der Waals surface area contributed by atoms with Crippen LogP contribution >= 0.6 is 22.6 Å². The van der Waals surface area contributed by atoms with Crippen LogP contribution in [0.4, 0.5) is 0 Å². The van der Waals surface area contributed by atoms with Crippen molar-refractivity contribution in [2.24, 2.45) is 0 Å². The molecule has 1 aromatic carbocycles. The number of hydrogen-bond acceptors (Lipinski definition) is 2. The molecule has 3 heteroatoms. The zero-order chi connectivity index (χ0) is 9.36. The molecule has 1 saturated heterocycles. The van der Waals surface area contributed by atoms with Crippen LogP contribution in [0.15, 0.2) is 30.3 Å². The minimum absolute atomic E-state index is 0.778. The maximum absolute atomic E-state index is 4.94. The van der Waals surface area contributed by atoms with Gasteiger partial charge >= 0.3 is 0 Å². The second-order valence-electron chi connectivity index (χ2n) is 2.52. The van der Waals surface area contributed by atoms with Gasteiger partial charge in [-0.3, -0.25) is 0 Å². The lowest BCUT2D eigenvalue weighted by Crippen LogP contribution is -2.16. The maximum Gasteiger partial charge on any atom is 0.0701 e. The van der Waals surface area contributed by atoms with Crippen LogP contribution in [0.25, 0.3) is 0 Å². The number of halogens is 1. The molecule has 1 fully saturated rings. The van der Waals surface area contributed by atoms with Gasteiger partial charge in [-0.05, 0) is 34.7 Å². The molecule has 1 aromatic rings. The van der Waals surface area contributed by atoms with Crippen LogP contribution in [0.3, 0.4) is 0 Å². The highest BCUT2D eigenvalue weighted by atomic mass is 127. The molecule has 1 aliphatic heterocycles. The fourth-order valence-corrected chi connectivity index (χ4v) is 1.27. The fraction of sp³-hybridized carbons (Fsp3) is 0.400. The van der Waals surface area contributed by atoms with Crippen LogP contribution in [-0.4, -0.2) is 26.4 Å². The van der Waals surface area contributed by atoms with E-state index in [1.54, 1.807) is 0 Å². The van der Waals surface area contributed by atoms with Gasteiger partial charge in [0.1, 0.15) is 0 Å². The lowest BCUT2D eigenvalue weighted by atomic mass is 10.4. The zero-order valence-corrected chi connectivity index (χ0v) is 9.57. The Hall–Kier alpha value is -0.130. The van der Waals surface area contributed by atoms with Crippen molar-refractivity contribution >= 4 is 22.6 Å². The van der Waals surface area contributed by atoms with E-state index >= 15 is 0 Å². The Balaban J connectivity index is 0.000000132. The molecule has 2 nitrogen and oxygen atoms in total. The molecule has 0 aromatic heterocycles. The van der Waals surface area contributed by atoms with Crippen LogP contribution in [-0.2, 0) is 9.47 Å². The van der Waals surface area contributed by atoms with Crippen LogP contribution < -0.4 is 0 Å². The molecule has 0 unspecified atom stereocenters. The van der Waals surface area contributed by atoms with Crippen LogP contribution in [0.2, 0.25) is 0 Å². The molecule has 1 heterocycles. The number of hydrogen-bond donors (Lipinski definition) is 0. The molecule has 0 bridgehead atoms. The third kappa shape index (κ3) is 6.01. The largest absolute Gasteiger partial charge is 0.377 e. The maximum atomic E-state index is 4.94. The van der Waals surface area contributed by atoms with Crippen molar-refractivity contribution in [3.63, 3.8) is 0 Å². The van der Waals surface area contributed by atoms with Crippen molar-refractivity contribution < 1.29 is 9.47 Å². The summed E-state index contributed by atoms with van der Waals surface area (Å²) in [5.41, 5.74) is 0. The number of ether oxygens (including phenoxy) is 2. The Morgan fingerprint density at radius 3 is 1.54 bits per heavy atom. The summed E-state index contributed by atoms with van der Waals surface area (Å²) in [6, 6.07) is 10.2. The van der Waals surface area contributed by atoms with E-state index in [1.165, 1.54) is 3.57 Å². The predicted octanol–water partition coefficient (Wildman–Crippen LogP) is 2.32. The Bertz CT molecular complexity index is 198. The molecule has 0 amide bonds. The zero-order valence-electron chi connectivity index (χ0n) is 7.41. The molecule has 13 heavy (non-hydrogen) atoms. The first-order valence-corrected chi connectivity index (χ1v) is 5.33. The molecule has 0 atom stereocenters. The van der Waals surface area contributed by atoms with Crippen molar-refractivity contribution in [3.05, 3.63) is 33.9 Å². The average Bonchev–Trinajstić information content (AvgIpc) is 2.22. The SMILES string of the molecule is C1COCCO1.Ic1ccccc1. The molecule has 0 saturated carbocycles. The van der Waals surface area contributed by atoms with Gasteiger partial charge in [0.25, 0.3) is 0 Å². The Morgan fingerprint density at radius 2 is 1.31 bits per heavy atom. The van der Waals surface area contributed by atoms with Gasteiger partial charge in [0.05, 0.1) is 26.4 Å². The van der Waals surface area contributed by atoms with Gasteiger partial charge in [0.15, 0.2) is 0 Å². The molecule has 2 rings (SSSR count). The van der Waals surface area contributed by atoms with Crippen LogP contribution in [0.1, 0.15) is 0 Å². The molecule has 0 radical (unpaired) electrons. The average molecular weight is 292 g/mol. The van der Waals surface area contributed by atoms with Gasteiger partial charge in [-0.1, -0.05) is 18.2 Å². The smallest absolute Gasteiger partial charge is 0.0701 e. The van der Waals surface area contributed by atoms with E-state index in [9.17, 15) is 0 Å². The van der Waals surface area contributed by atoms with E-state index in [0.29, 0.717) is 0 Å². The second-order valence-corrected chi connectivity index (χ2v) is 3.77. The minimum atomic E-state index is 0.778. The third-order valence-corrected chi connectivity index (χ3v) is 2.20. The monoisotopic (exact) mass is 292 g/mol. The van der Waals surface area contributed by atoms with Gasteiger partial charge in [-0.25, -0.2) is 0 Å². The topological polar surface area (TPSA) is 18.5 Å². The molecule has 0 aliphatic carbocycles. The normalized spacial score (nSPS) is 15.8. The lowest BCUT2D eigenvalue weighted by molar-refractivity contribution is -0.0334. The highest BCUT2D eigenvalue weighted by Crippen LogP contribution is 1.99. The van der Waals surface area contributed by atoms with E-state index in [-0.39, 0.29) is 0 Å². The summed E-state index contributed by atoms with van der Waals surface area (Å²) in [6.45, 7) is 3.11. The van der Waals surface area contributed by atoms with Crippen LogP contribution in [0.5, 0.6) is 0 Å². The molecule has 0 spiro atoms. The molecule has 72 valence electrons. The molecular formula is C10H13IO2. The van der Waals surface area contributed by atoms with E-state index in [4.69, 9.17) is 9.47 Å². The first-order chi connectivity index (χ1) is 6.39. The highest BCUT2D eigenvalue weighted by Gasteiger charge is 1.94. The van der Waals surface area contributed by atoms with E-state index in [1.807, 2.05) is 18.2 Å². The number of benzene rings is 1. The Kier molecular flexibility index (Phi) is 6.14. The van der Waals surface area contributed by atoms with Gasteiger partial charge in [-0.15, -0.1) is 0 Å². The highest BCUT2D eigenvalue weighted by molar-refractivity contribution is 14.1. The standard InChI is InChI=1S/C6H5I.C4H8O2/c7-6-4-2-1-3-5-6;1-2-6-4-3-5-1/h1-5H;1-4H2. The summed E-state index contributed by atoms with van der Waals surface area (Å²) in [5, 5.41) is 0. The van der Waals surface area contributed by atoms with Crippen molar-refractivity contribution in [1.82, 2.24) is 0 Å². The van der Waals surface area contributed by atoms with Gasteiger partial charge in [0, 0.05) is 3.57 Å². The lowest BCUT2D eigenvalue weighted by Gasteiger charge is -2.09. The predicted molar refractivity (Wildman–Crippen MR) is 60.8 cm³/mol. The first-order valence-electron chi connectivity index (χ1n) is 4.25. The van der Waals surface area contributed by atoms with E-state index < -0.39 is 0 Å². The summed E-state index contributed by atoms with van der Waals surface area (Å²) in [7, 11) is 0. The second kappa shape index (κ2) is 7.29. The van der Waals surface area contributed by atoms with Gasteiger partial charge < -0.3 is 9.47 Å². The summed E-state index contributed by atoms with van der Waals surface area (Å²) in [6.07, 6.45) is 0. The number of rotatable bonds is 0. The quantitative estimate of drug-likeness (QED) is 0.683.